The molecule has 0 radical (unpaired) electrons. The van der Waals surface area contributed by atoms with Gasteiger partial charge in [0.25, 0.3) is 0 Å². The number of aryl methyl sites for hydroxylation is 1. The monoisotopic (exact) mass is 507 g/mol. The number of esters is 1. The molecule has 0 N–H and O–H groups in total. The molecule has 1 aliphatic rings. The number of carbonyl (C=O) groups excluding carboxylic acids is 1. The van der Waals surface area contributed by atoms with Gasteiger partial charge in [-0.05, 0) is 80.1 Å². The van der Waals surface area contributed by atoms with Gasteiger partial charge in [0.15, 0.2) is 0 Å². The third-order valence-electron chi connectivity index (χ3n) is 7.01. The van der Waals surface area contributed by atoms with Gasteiger partial charge in [0.2, 0.25) is 0 Å². The van der Waals surface area contributed by atoms with Crippen molar-refractivity contribution >= 4 is 11.7 Å². The van der Waals surface area contributed by atoms with E-state index in [9.17, 15) is 18.5 Å². The van der Waals surface area contributed by atoms with Crippen molar-refractivity contribution in [1.29, 1.82) is 0 Å². The molecule has 1 aromatic heterocycles. The van der Waals surface area contributed by atoms with E-state index < -0.39 is 23.6 Å². The number of anilines is 1. The topological polar surface area (TPSA) is 71.9 Å². The highest BCUT2D eigenvalue weighted by atomic mass is 19.1. The van der Waals surface area contributed by atoms with Crippen LogP contribution in [-0.4, -0.2) is 30.6 Å². The van der Waals surface area contributed by atoms with Crippen LogP contribution >= 0.6 is 0 Å². The second-order valence-corrected chi connectivity index (χ2v) is 9.41. The minimum atomic E-state index is -0.724. The van der Waals surface area contributed by atoms with Crippen LogP contribution in [0.4, 0.5) is 14.5 Å². The number of benzene rings is 2. The molecule has 0 aliphatic carbocycles. The number of ether oxygens (including phenoxy) is 1. The number of rotatable bonds is 9. The third-order valence-corrected chi connectivity index (χ3v) is 7.01. The van der Waals surface area contributed by atoms with Crippen molar-refractivity contribution in [3.8, 4) is 0 Å². The van der Waals surface area contributed by atoms with Gasteiger partial charge >= 0.3 is 5.97 Å². The summed E-state index contributed by atoms with van der Waals surface area (Å²) in [6, 6.07) is 14.1. The Labute approximate surface area is 215 Å². The number of piperidine rings is 1. The molecule has 1 saturated heterocycles. The molecule has 0 bridgehead atoms. The molecular formula is C29H31F2N3O3. The highest BCUT2D eigenvalue weighted by Crippen LogP contribution is 2.38. The second-order valence-electron chi connectivity index (χ2n) is 9.41. The maximum absolute atomic E-state index is 14.9. The van der Waals surface area contributed by atoms with E-state index in [0.717, 1.165) is 48.9 Å². The van der Waals surface area contributed by atoms with E-state index in [-0.39, 0.29) is 18.3 Å². The lowest BCUT2D eigenvalue weighted by molar-refractivity contribution is -0.148. The molecule has 6 nitrogen and oxygen atoms in total. The molecule has 0 amide bonds. The zero-order chi connectivity index (χ0) is 26.4. The van der Waals surface area contributed by atoms with Crippen LogP contribution < -0.4 is 4.90 Å². The van der Waals surface area contributed by atoms with E-state index in [1.807, 2.05) is 38.1 Å². The first-order valence-electron chi connectivity index (χ1n) is 12.6. The molecule has 37 heavy (non-hydrogen) atoms. The number of aromatic nitrogens is 1. The van der Waals surface area contributed by atoms with Crippen LogP contribution in [0, 0.1) is 29.4 Å². The zero-order valence-electron chi connectivity index (χ0n) is 21.1. The molecule has 2 heterocycles. The smallest absolute Gasteiger partial charge is 0.309 e. The standard InChI is InChI=1S/C29H31F2N3O3/c1-3-37-29(35)21-11-14-34(15-12-21)24-7-4-20(5-8-24)26(25-9-6-23(30)17-27(25)31)18-28(33-36)22-10-13-32-19(2)16-22/h4-10,13,16-17,21,26,28H,3,11-12,14-15,18H2,1-2H3. The first kappa shape index (κ1) is 26.4. The summed E-state index contributed by atoms with van der Waals surface area (Å²) in [5, 5.41) is 3.34. The van der Waals surface area contributed by atoms with Gasteiger partial charge in [-0.25, -0.2) is 8.78 Å². The summed E-state index contributed by atoms with van der Waals surface area (Å²) in [6.07, 6.45) is 3.29. The fourth-order valence-corrected chi connectivity index (χ4v) is 5.02. The number of nitroso groups, excluding NO2 is 1. The van der Waals surface area contributed by atoms with Gasteiger partial charge in [0, 0.05) is 42.7 Å². The minimum Gasteiger partial charge on any atom is -0.466 e. The van der Waals surface area contributed by atoms with Gasteiger partial charge in [0.1, 0.15) is 17.7 Å². The summed E-state index contributed by atoms with van der Waals surface area (Å²) < 4.78 is 33.8. The Morgan fingerprint density at radius 2 is 1.81 bits per heavy atom. The first-order valence-corrected chi connectivity index (χ1v) is 12.6. The molecule has 2 atom stereocenters. The number of hydrogen-bond acceptors (Lipinski definition) is 6. The van der Waals surface area contributed by atoms with Crippen LogP contribution in [0.2, 0.25) is 0 Å². The Morgan fingerprint density at radius 3 is 2.43 bits per heavy atom. The Morgan fingerprint density at radius 1 is 1.08 bits per heavy atom. The summed E-state index contributed by atoms with van der Waals surface area (Å²) in [5.74, 6) is -2.04. The summed E-state index contributed by atoms with van der Waals surface area (Å²) >= 11 is 0. The van der Waals surface area contributed by atoms with Gasteiger partial charge in [-0.1, -0.05) is 23.4 Å². The fraction of sp³-hybridized carbons (Fsp3) is 0.379. The van der Waals surface area contributed by atoms with Gasteiger partial charge in [-0.15, -0.1) is 0 Å². The number of pyridine rings is 1. The van der Waals surface area contributed by atoms with Gasteiger partial charge < -0.3 is 9.64 Å². The molecular weight excluding hydrogens is 476 g/mol. The normalized spacial score (nSPS) is 15.7. The summed E-state index contributed by atoms with van der Waals surface area (Å²) in [5.41, 5.74) is 3.57. The van der Waals surface area contributed by atoms with E-state index in [4.69, 9.17) is 4.74 Å². The van der Waals surface area contributed by atoms with E-state index in [1.54, 1.807) is 18.3 Å². The zero-order valence-corrected chi connectivity index (χ0v) is 21.1. The summed E-state index contributed by atoms with van der Waals surface area (Å²) in [4.78, 5) is 30.3. The molecule has 8 heteroatoms. The maximum Gasteiger partial charge on any atom is 0.309 e. The Hall–Kier alpha value is -3.68. The lowest BCUT2D eigenvalue weighted by Gasteiger charge is -2.33. The van der Waals surface area contributed by atoms with E-state index in [2.05, 4.69) is 15.1 Å². The second kappa shape index (κ2) is 12.0. The molecule has 1 aliphatic heterocycles. The van der Waals surface area contributed by atoms with Crippen LogP contribution in [0.3, 0.4) is 0 Å². The average molecular weight is 508 g/mol. The molecule has 0 saturated carbocycles. The van der Waals surface area contributed by atoms with E-state index >= 15 is 0 Å². The fourth-order valence-electron chi connectivity index (χ4n) is 5.02. The Bertz CT molecular complexity index is 1230. The first-order chi connectivity index (χ1) is 17.9. The van der Waals surface area contributed by atoms with Crippen LogP contribution in [-0.2, 0) is 9.53 Å². The van der Waals surface area contributed by atoms with E-state index in [0.29, 0.717) is 17.7 Å². The molecule has 2 unspecified atom stereocenters. The lowest BCUT2D eigenvalue weighted by Crippen LogP contribution is -2.36. The lowest BCUT2D eigenvalue weighted by atomic mass is 9.84. The quantitative estimate of drug-likeness (QED) is 0.245. The summed E-state index contributed by atoms with van der Waals surface area (Å²) in [7, 11) is 0. The number of nitrogens with zero attached hydrogens (tertiary/aromatic N) is 3. The molecule has 4 rings (SSSR count). The highest BCUT2D eigenvalue weighted by Gasteiger charge is 2.27. The minimum absolute atomic E-state index is 0.0779. The predicted molar refractivity (Wildman–Crippen MR) is 138 cm³/mol. The van der Waals surface area contributed by atoms with Crippen molar-refractivity contribution in [3.63, 3.8) is 0 Å². The Balaban J connectivity index is 1.57. The van der Waals surface area contributed by atoms with Crippen molar-refractivity contribution in [2.24, 2.45) is 11.1 Å². The third kappa shape index (κ3) is 6.37. The van der Waals surface area contributed by atoms with Crippen molar-refractivity contribution in [2.45, 2.75) is 45.1 Å². The Kier molecular flexibility index (Phi) is 8.58. The highest BCUT2D eigenvalue weighted by molar-refractivity contribution is 5.73. The summed E-state index contributed by atoms with van der Waals surface area (Å²) in [6.45, 7) is 5.49. The SMILES string of the molecule is CCOC(=O)C1CCN(c2ccc(C(CC(N=O)c3ccnc(C)c3)c3ccc(F)cc3F)cc2)CC1. The molecule has 0 spiro atoms. The largest absolute Gasteiger partial charge is 0.466 e. The van der Waals surface area contributed by atoms with Crippen molar-refractivity contribution < 1.29 is 18.3 Å². The van der Waals surface area contributed by atoms with Crippen LogP contribution in [0.15, 0.2) is 66.0 Å². The van der Waals surface area contributed by atoms with Crippen LogP contribution in [0.5, 0.6) is 0 Å². The van der Waals surface area contributed by atoms with Crippen molar-refractivity contribution in [1.82, 2.24) is 4.98 Å². The number of carbonyl (C=O) groups is 1. The average Bonchev–Trinajstić information content (AvgIpc) is 2.90. The number of halogens is 2. The van der Waals surface area contributed by atoms with Crippen molar-refractivity contribution in [2.75, 3.05) is 24.6 Å². The van der Waals surface area contributed by atoms with Crippen LogP contribution in [0.25, 0.3) is 0 Å². The molecule has 3 aromatic rings. The molecule has 1 fully saturated rings. The molecule has 194 valence electrons. The van der Waals surface area contributed by atoms with Crippen molar-refractivity contribution in [3.05, 3.63) is 99.7 Å². The van der Waals surface area contributed by atoms with Gasteiger partial charge in [-0.3, -0.25) is 9.78 Å². The van der Waals surface area contributed by atoms with E-state index in [1.165, 1.54) is 12.1 Å². The predicted octanol–water partition coefficient (Wildman–Crippen LogP) is 6.48. The van der Waals surface area contributed by atoms with Crippen LogP contribution in [0.1, 0.15) is 60.5 Å². The van der Waals surface area contributed by atoms with Gasteiger partial charge in [-0.2, -0.15) is 4.91 Å². The maximum atomic E-state index is 14.9. The van der Waals surface area contributed by atoms with Gasteiger partial charge in [0.05, 0.1) is 12.5 Å². The number of hydrogen-bond donors (Lipinski definition) is 0. The molecule has 2 aromatic carbocycles.